The van der Waals surface area contributed by atoms with E-state index in [2.05, 4.69) is 4.74 Å². The van der Waals surface area contributed by atoms with E-state index in [0.29, 0.717) is 6.07 Å². The molecule has 0 aromatic heterocycles. The molecule has 1 aromatic rings. The Morgan fingerprint density at radius 3 is 2.39 bits per heavy atom. The lowest BCUT2D eigenvalue weighted by atomic mass is 10.1. The third-order valence-electron chi connectivity index (χ3n) is 2.11. The Labute approximate surface area is 102 Å². The van der Waals surface area contributed by atoms with Gasteiger partial charge in [-0.3, -0.25) is 4.79 Å². The van der Waals surface area contributed by atoms with Gasteiger partial charge in [0.15, 0.2) is 23.2 Å². The minimum Gasteiger partial charge on any atom is -0.491 e. The monoisotopic (exact) mass is 259 g/mol. The van der Waals surface area contributed by atoms with Gasteiger partial charge in [-0.1, -0.05) is 0 Å². The SMILES string of the molecule is COc1c(F)c(F)cc(C(=O)C=CN(C)C)c1F. The van der Waals surface area contributed by atoms with Crippen LogP contribution in [0.15, 0.2) is 18.3 Å². The Kier molecular flexibility index (Phi) is 4.36. The molecule has 0 bridgehead atoms. The van der Waals surface area contributed by atoms with Crippen molar-refractivity contribution in [3.05, 3.63) is 41.4 Å². The van der Waals surface area contributed by atoms with Gasteiger partial charge in [0.1, 0.15) is 0 Å². The molecule has 0 atom stereocenters. The average Bonchev–Trinajstić information content (AvgIpc) is 2.31. The predicted molar refractivity (Wildman–Crippen MR) is 60.0 cm³/mol. The smallest absolute Gasteiger partial charge is 0.203 e. The zero-order valence-corrected chi connectivity index (χ0v) is 10.1. The lowest BCUT2D eigenvalue weighted by Crippen LogP contribution is -2.07. The highest BCUT2D eigenvalue weighted by atomic mass is 19.2. The third kappa shape index (κ3) is 2.82. The molecule has 0 saturated carbocycles. The molecule has 1 aromatic carbocycles. The number of halogens is 3. The fraction of sp³-hybridized carbons (Fsp3) is 0.250. The van der Waals surface area contributed by atoms with Crippen molar-refractivity contribution in [1.82, 2.24) is 4.90 Å². The maximum Gasteiger partial charge on any atom is 0.203 e. The summed E-state index contributed by atoms with van der Waals surface area (Å²) in [6.07, 6.45) is 2.42. The number of ketones is 1. The molecule has 0 aliphatic rings. The van der Waals surface area contributed by atoms with Gasteiger partial charge in [-0.05, 0) is 6.07 Å². The van der Waals surface area contributed by atoms with Crippen LogP contribution < -0.4 is 4.74 Å². The summed E-state index contributed by atoms with van der Waals surface area (Å²) in [5.41, 5.74) is -0.580. The zero-order chi connectivity index (χ0) is 13.9. The second-order valence-electron chi connectivity index (χ2n) is 3.71. The minimum atomic E-state index is -1.46. The van der Waals surface area contributed by atoms with Gasteiger partial charge >= 0.3 is 0 Å². The Morgan fingerprint density at radius 1 is 1.28 bits per heavy atom. The van der Waals surface area contributed by atoms with E-state index >= 15 is 0 Å². The van der Waals surface area contributed by atoms with Crippen LogP contribution in [0, 0.1) is 17.5 Å². The molecule has 0 spiro atoms. The van der Waals surface area contributed by atoms with Crippen LogP contribution in [0.2, 0.25) is 0 Å². The molecule has 98 valence electrons. The number of ether oxygens (including phenoxy) is 1. The van der Waals surface area contributed by atoms with Crippen LogP contribution in [0.5, 0.6) is 5.75 Å². The van der Waals surface area contributed by atoms with Gasteiger partial charge in [0.05, 0.1) is 12.7 Å². The molecule has 0 amide bonds. The molecule has 0 radical (unpaired) electrons. The third-order valence-corrected chi connectivity index (χ3v) is 2.11. The normalized spacial score (nSPS) is 10.8. The molecule has 0 aliphatic heterocycles. The molecule has 3 nitrogen and oxygen atoms in total. The topological polar surface area (TPSA) is 29.5 Å². The number of carbonyl (C=O) groups is 1. The van der Waals surface area contributed by atoms with Crippen molar-refractivity contribution in [3.63, 3.8) is 0 Å². The van der Waals surface area contributed by atoms with E-state index < -0.39 is 34.5 Å². The van der Waals surface area contributed by atoms with Crippen LogP contribution in [-0.4, -0.2) is 31.9 Å². The number of carbonyl (C=O) groups excluding carboxylic acids is 1. The van der Waals surface area contributed by atoms with Gasteiger partial charge in [-0.2, -0.15) is 4.39 Å². The minimum absolute atomic E-state index is 0.509. The summed E-state index contributed by atoms with van der Waals surface area (Å²) in [7, 11) is 4.31. The quantitative estimate of drug-likeness (QED) is 0.472. The van der Waals surface area contributed by atoms with E-state index in [4.69, 9.17) is 0 Å². The predicted octanol–water partition coefficient (Wildman–Crippen LogP) is 2.37. The summed E-state index contributed by atoms with van der Waals surface area (Å²) in [6, 6.07) is 0.509. The summed E-state index contributed by atoms with van der Waals surface area (Å²) >= 11 is 0. The van der Waals surface area contributed by atoms with Gasteiger partial charge < -0.3 is 9.64 Å². The van der Waals surface area contributed by atoms with Crippen LogP contribution in [-0.2, 0) is 0 Å². The van der Waals surface area contributed by atoms with Gasteiger partial charge in [0, 0.05) is 26.4 Å². The van der Waals surface area contributed by atoms with Crippen molar-refractivity contribution in [1.29, 1.82) is 0 Å². The van der Waals surface area contributed by atoms with Crippen molar-refractivity contribution in [2.24, 2.45) is 0 Å². The molecular weight excluding hydrogens is 247 g/mol. The summed E-state index contributed by atoms with van der Waals surface area (Å²) < 4.78 is 44.4. The van der Waals surface area contributed by atoms with E-state index in [9.17, 15) is 18.0 Å². The first kappa shape index (κ1) is 14.1. The van der Waals surface area contributed by atoms with Crippen LogP contribution in [0.3, 0.4) is 0 Å². The van der Waals surface area contributed by atoms with E-state index in [1.807, 2.05) is 0 Å². The molecule has 0 aliphatic carbocycles. The second kappa shape index (κ2) is 5.57. The number of benzene rings is 1. The van der Waals surface area contributed by atoms with E-state index in [0.717, 1.165) is 13.2 Å². The van der Waals surface area contributed by atoms with Crippen molar-refractivity contribution < 1.29 is 22.7 Å². The Bertz CT molecular complexity index is 499. The number of hydrogen-bond acceptors (Lipinski definition) is 3. The van der Waals surface area contributed by atoms with Gasteiger partial charge in [0.2, 0.25) is 5.82 Å². The Hall–Kier alpha value is -1.98. The Morgan fingerprint density at radius 2 is 1.89 bits per heavy atom. The molecule has 6 heteroatoms. The van der Waals surface area contributed by atoms with Gasteiger partial charge in [0.25, 0.3) is 0 Å². The molecule has 1 rings (SSSR count). The van der Waals surface area contributed by atoms with Crippen molar-refractivity contribution in [3.8, 4) is 5.75 Å². The van der Waals surface area contributed by atoms with Crippen LogP contribution >= 0.6 is 0 Å². The molecule has 0 unspecified atom stereocenters. The maximum absolute atomic E-state index is 13.7. The number of rotatable bonds is 4. The van der Waals surface area contributed by atoms with Crippen LogP contribution in [0.1, 0.15) is 10.4 Å². The lowest BCUT2D eigenvalue weighted by molar-refractivity contribution is 0.104. The Balaban J connectivity index is 3.26. The van der Waals surface area contributed by atoms with Gasteiger partial charge in [-0.25, -0.2) is 8.78 Å². The number of methoxy groups -OCH3 is 1. The van der Waals surface area contributed by atoms with E-state index in [1.165, 1.54) is 6.20 Å². The first-order chi connectivity index (χ1) is 8.38. The molecule has 0 fully saturated rings. The molecule has 0 heterocycles. The summed E-state index contributed by atoms with van der Waals surface area (Å²) in [5.74, 6) is -5.70. The second-order valence-corrected chi connectivity index (χ2v) is 3.71. The number of allylic oxidation sites excluding steroid dienone is 1. The lowest BCUT2D eigenvalue weighted by Gasteiger charge is -2.08. The van der Waals surface area contributed by atoms with Crippen LogP contribution in [0.4, 0.5) is 13.2 Å². The largest absolute Gasteiger partial charge is 0.491 e. The highest BCUT2D eigenvalue weighted by molar-refractivity contribution is 6.04. The van der Waals surface area contributed by atoms with E-state index in [-0.39, 0.29) is 0 Å². The van der Waals surface area contributed by atoms with Gasteiger partial charge in [-0.15, -0.1) is 0 Å². The average molecular weight is 259 g/mol. The van der Waals surface area contributed by atoms with E-state index in [1.54, 1.807) is 19.0 Å². The number of nitrogens with zero attached hydrogens (tertiary/aromatic N) is 1. The molecule has 0 N–H and O–H groups in total. The fourth-order valence-corrected chi connectivity index (χ4v) is 1.25. The maximum atomic E-state index is 13.7. The summed E-state index contributed by atoms with van der Waals surface area (Å²) in [4.78, 5) is 13.2. The first-order valence-electron chi connectivity index (χ1n) is 4.99. The summed E-state index contributed by atoms with van der Waals surface area (Å²) in [5, 5.41) is 0. The highest BCUT2D eigenvalue weighted by Crippen LogP contribution is 2.27. The van der Waals surface area contributed by atoms with Crippen molar-refractivity contribution in [2.45, 2.75) is 0 Å². The number of hydrogen-bond donors (Lipinski definition) is 0. The standard InChI is InChI=1S/C12H12F3NO2/c1-16(2)5-4-9(17)7-6-8(13)11(15)12(18-3)10(7)14/h4-6H,1-3H3. The van der Waals surface area contributed by atoms with Crippen molar-refractivity contribution >= 4 is 5.78 Å². The van der Waals surface area contributed by atoms with Crippen molar-refractivity contribution in [2.75, 3.05) is 21.2 Å². The van der Waals surface area contributed by atoms with Crippen LogP contribution in [0.25, 0.3) is 0 Å². The highest BCUT2D eigenvalue weighted by Gasteiger charge is 2.22. The first-order valence-corrected chi connectivity index (χ1v) is 4.99. The molecular formula is C12H12F3NO2. The zero-order valence-electron chi connectivity index (χ0n) is 10.1. The molecule has 18 heavy (non-hydrogen) atoms. The summed E-state index contributed by atoms with van der Waals surface area (Å²) in [6.45, 7) is 0. The molecule has 0 saturated heterocycles. The fourth-order valence-electron chi connectivity index (χ4n) is 1.25.